The van der Waals surface area contributed by atoms with Crippen LogP contribution in [0.3, 0.4) is 0 Å². The summed E-state index contributed by atoms with van der Waals surface area (Å²) in [5.74, 6) is -2.08. The molecule has 134 valence electrons. The van der Waals surface area contributed by atoms with Crippen LogP contribution < -0.4 is 10.2 Å². The van der Waals surface area contributed by atoms with Crippen molar-refractivity contribution in [2.24, 2.45) is 0 Å². The van der Waals surface area contributed by atoms with E-state index in [2.05, 4.69) is 5.32 Å². The molecule has 1 aliphatic rings. The molecule has 0 saturated heterocycles. The Morgan fingerprint density at radius 3 is 2.35 bits per heavy atom. The fourth-order valence-corrected chi connectivity index (χ4v) is 2.59. The van der Waals surface area contributed by atoms with Gasteiger partial charge >= 0.3 is 6.18 Å². The Labute approximate surface area is 150 Å². The topological polar surface area (TPSA) is 69.6 Å². The third-order valence-electron chi connectivity index (χ3n) is 3.62. The zero-order valence-electron chi connectivity index (χ0n) is 12.8. The van der Waals surface area contributed by atoms with E-state index in [0.29, 0.717) is 11.0 Å². The first-order valence-corrected chi connectivity index (χ1v) is 7.59. The van der Waals surface area contributed by atoms with E-state index in [1.807, 2.05) is 0 Å². The van der Waals surface area contributed by atoms with Gasteiger partial charge in [-0.3, -0.25) is 9.59 Å². The maximum absolute atomic E-state index is 12.9. The molecule has 2 amide bonds. The van der Waals surface area contributed by atoms with Gasteiger partial charge in [-0.15, -0.1) is 0 Å². The molecule has 0 atom stereocenters. The number of nitrogens with one attached hydrogen (secondary N) is 1. The average Bonchev–Trinajstić information content (AvgIpc) is 2.80. The van der Waals surface area contributed by atoms with Crippen molar-refractivity contribution in [2.45, 2.75) is 6.18 Å². The summed E-state index contributed by atoms with van der Waals surface area (Å²) < 4.78 is 38.6. The minimum Gasteiger partial charge on any atom is -0.506 e. The Hall–Kier alpha value is -3.00. The Morgan fingerprint density at radius 2 is 1.69 bits per heavy atom. The van der Waals surface area contributed by atoms with Crippen LogP contribution in [0, 0.1) is 0 Å². The summed E-state index contributed by atoms with van der Waals surface area (Å²) >= 11 is 5.90. The zero-order chi connectivity index (χ0) is 19.1. The lowest BCUT2D eigenvalue weighted by atomic mass is 10.2. The molecular weight excluding hydrogens is 373 g/mol. The van der Waals surface area contributed by atoms with Crippen molar-refractivity contribution >= 4 is 34.8 Å². The smallest absolute Gasteiger partial charge is 0.416 e. The molecule has 2 N–H and O–H groups in total. The van der Waals surface area contributed by atoms with Crippen molar-refractivity contribution in [3.8, 4) is 5.75 Å². The first-order chi connectivity index (χ1) is 12.2. The number of anilines is 2. The fourth-order valence-electron chi connectivity index (χ4n) is 2.38. The molecule has 0 aromatic heterocycles. The number of hydrogen-bond acceptors (Lipinski definition) is 4. The third-order valence-corrected chi connectivity index (χ3v) is 3.97. The van der Waals surface area contributed by atoms with Gasteiger partial charge in [0.05, 0.1) is 16.9 Å². The highest BCUT2D eigenvalue weighted by atomic mass is 35.5. The van der Waals surface area contributed by atoms with Crippen LogP contribution in [0.1, 0.15) is 5.56 Å². The maximum atomic E-state index is 12.9. The second-order valence-electron chi connectivity index (χ2n) is 5.32. The standard InChI is InChI=1S/C17H10ClF3N2O3/c18-13-14(22-11-6-1-2-7-12(11)24)16(26)23(15(13)25)10-5-3-4-9(8-10)17(19,20)21/h1-8,22,24H. The number of carbonyl (C=O) groups is 2. The number of nitrogens with zero attached hydrogens (tertiary/aromatic N) is 1. The van der Waals surface area contributed by atoms with Gasteiger partial charge in [0, 0.05) is 0 Å². The highest BCUT2D eigenvalue weighted by Gasteiger charge is 2.40. The molecule has 3 rings (SSSR count). The van der Waals surface area contributed by atoms with Crippen molar-refractivity contribution in [2.75, 3.05) is 10.2 Å². The summed E-state index contributed by atoms with van der Waals surface area (Å²) in [6.07, 6.45) is -4.63. The lowest BCUT2D eigenvalue weighted by Crippen LogP contribution is -2.32. The molecule has 0 saturated carbocycles. The minimum atomic E-state index is -4.63. The Bertz CT molecular complexity index is 941. The molecule has 0 spiro atoms. The summed E-state index contributed by atoms with van der Waals surface area (Å²) in [5, 5.41) is 11.8. The summed E-state index contributed by atoms with van der Waals surface area (Å²) in [5.41, 5.74) is -1.49. The van der Waals surface area contributed by atoms with Crippen LogP contribution in [-0.4, -0.2) is 16.9 Å². The number of hydrogen-bond donors (Lipinski definition) is 2. The monoisotopic (exact) mass is 382 g/mol. The van der Waals surface area contributed by atoms with E-state index < -0.39 is 28.6 Å². The molecule has 0 aliphatic carbocycles. The van der Waals surface area contributed by atoms with Gasteiger partial charge in [-0.1, -0.05) is 29.8 Å². The van der Waals surface area contributed by atoms with Gasteiger partial charge in [0.2, 0.25) is 0 Å². The highest BCUT2D eigenvalue weighted by Crippen LogP contribution is 2.35. The lowest BCUT2D eigenvalue weighted by Gasteiger charge is -2.17. The molecule has 2 aromatic carbocycles. The van der Waals surface area contributed by atoms with Crippen molar-refractivity contribution in [3.63, 3.8) is 0 Å². The number of halogens is 4. The maximum Gasteiger partial charge on any atom is 0.416 e. The number of benzene rings is 2. The number of imide groups is 1. The van der Waals surface area contributed by atoms with Crippen molar-refractivity contribution in [1.29, 1.82) is 0 Å². The predicted octanol–water partition coefficient (Wildman–Crippen LogP) is 3.85. The number of rotatable bonds is 3. The van der Waals surface area contributed by atoms with E-state index in [1.165, 1.54) is 18.2 Å². The van der Waals surface area contributed by atoms with Gasteiger partial charge in [-0.05, 0) is 30.3 Å². The van der Waals surface area contributed by atoms with Gasteiger partial charge in [-0.2, -0.15) is 13.2 Å². The van der Waals surface area contributed by atoms with Crippen LogP contribution in [0.5, 0.6) is 5.75 Å². The normalized spacial score (nSPS) is 15.0. The minimum absolute atomic E-state index is 0.118. The van der Waals surface area contributed by atoms with Crippen molar-refractivity contribution in [1.82, 2.24) is 0 Å². The zero-order valence-corrected chi connectivity index (χ0v) is 13.6. The summed E-state index contributed by atoms with van der Waals surface area (Å²) in [6.45, 7) is 0. The molecule has 0 fully saturated rings. The number of amides is 2. The Kier molecular flexibility index (Phi) is 4.37. The van der Waals surface area contributed by atoms with Crippen molar-refractivity contribution in [3.05, 3.63) is 64.8 Å². The van der Waals surface area contributed by atoms with Gasteiger partial charge in [0.25, 0.3) is 11.8 Å². The first-order valence-electron chi connectivity index (χ1n) is 7.21. The Morgan fingerprint density at radius 1 is 1.00 bits per heavy atom. The molecule has 2 aromatic rings. The van der Waals surface area contributed by atoms with E-state index >= 15 is 0 Å². The number of carbonyl (C=O) groups excluding carboxylic acids is 2. The molecule has 9 heteroatoms. The van der Waals surface area contributed by atoms with Gasteiger partial charge in [0.1, 0.15) is 16.5 Å². The third kappa shape index (κ3) is 3.11. The van der Waals surface area contributed by atoms with Crippen LogP contribution in [0.25, 0.3) is 0 Å². The van der Waals surface area contributed by atoms with Crippen LogP contribution >= 0.6 is 11.6 Å². The SMILES string of the molecule is O=C1C(Cl)=C(Nc2ccccc2O)C(=O)N1c1cccc(C(F)(F)F)c1. The van der Waals surface area contributed by atoms with E-state index in [4.69, 9.17) is 11.6 Å². The molecule has 0 radical (unpaired) electrons. The predicted molar refractivity (Wildman–Crippen MR) is 88.5 cm³/mol. The number of alkyl halides is 3. The summed E-state index contributed by atoms with van der Waals surface area (Å²) in [7, 11) is 0. The van der Waals surface area contributed by atoms with Crippen LogP contribution in [0.2, 0.25) is 0 Å². The second-order valence-corrected chi connectivity index (χ2v) is 5.70. The molecule has 0 bridgehead atoms. The molecule has 26 heavy (non-hydrogen) atoms. The Balaban J connectivity index is 1.95. The van der Waals surface area contributed by atoms with E-state index in [0.717, 1.165) is 12.1 Å². The van der Waals surface area contributed by atoms with E-state index in [-0.39, 0.29) is 22.8 Å². The molecule has 1 aliphatic heterocycles. The number of phenolic OH excluding ortho intramolecular Hbond substituents is 1. The average molecular weight is 383 g/mol. The van der Waals surface area contributed by atoms with Gasteiger partial charge in [-0.25, -0.2) is 4.90 Å². The summed E-state index contributed by atoms with van der Waals surface area (Å²) in [4.78, 5) is 25.4. The molecule has 5 nitrogen and oxygen atoms in total. The molecule has 0 unspecified atom stereocenters. The van der Waals surface area contributed by atoms with Crippen LogP contribution in [-0.2, 0) is 15.8 Å². The summed E-state index contributed by atoms with van der Waals surface area (Å²) in [6, 6.07) is 9.70. The first kappa shape index (κ1) is 17.8. The number of para-hydroxylation sites is 2. The van der Waals surface area contributed by atoms with Crippen molar-refractivity contribution < 1.29 is 27.9 Å². The second kappa shape index (κ2) is 6.38. The fraction of sp³-hybridized carbons (Fsp3) is 0.0588. The van der Waals surface area contributed by atoms with E-state index in [9.17, 15) is 27.9 Å². The van der Waals surface area contributed by atoms with Crippen LogP contribution in [0.15, 0.2) is 59.3 Å². The van der Waals surface area contributed by atoms with Gasteiger partial charge < -0.3 is 10.4 Å². The van der Waals surface area contributed by atoms with Gasteiger partial charge in [0.15, 0.2) is 0 Å². The molecule has 1 heterocycles. The van der Waals surface area contributed by atoms with E-state index in [1.54, 1.807) is 12.1 Å². The highest BCUT2D eigenvalue weighted by molar-refractivity contribution is 6.53. The number of aromatic hydroxyl groups is 1. The molecular formula is C17H10ClF3N2O3. The lowest BCUT2D eigenvalue weighted by molar-refractivity contribution is -0.137. The van der Waals surface area contributed by atoms with Crippen LogP contribution in [0.4, 0.5) is 24.5 Å². The quantitative estimate of drug-likeness (QED) is 0.625. The largest absolute Gasteiger partial charge is 0.506 e. The number of phenols is 1.